The molecule has 0 atom stereocenters. The molecular weight excluding hydrogens is 484 g/mol. The van der Waals surface area contributed by atoms with Crippen LogP contribution >= 0.6 is 34.9 Å². The minimum Gasteiger partial charge on any atom is -0.493 e. The van der Waals surface area contributed by atoms with Crippen LogP contribution in [-0.4, -0.2) is 41.8 Å². The fourth-order valence-corrected chi connectivity index (χ4v) is 3.89. The third kappa shape index (κ3) is 6.86. The SMILES string of the molecule is COc1cc(/C=C(/C#N)C(=O)Nc2nc(SC)ns2)ccc1OCCOc1ccccc1Cl. The number of halogens is 1. The summed E-state index contributed by atoms with van der Waals surface area (Å²) in [6.45, 7) is 0.555. The second-order valence-electron chi connectivity index (χ2n) is 6.25. The van der Waals surface area contributed by atoms with Crippen LogP contribution in [0.4, 0.5) is 5.13 Å². The van der Waals surface area contributed by atoms with Gasteiger partial charge < -0.3 is 14.2 Å². The number of carbonyl (C=O) groups is 1. The zero-order valence-electron chi connectivity index (χ0n) is 17.7. The maximum atomic E-state index is 12.4. The second kappa shape index (κ2) is 12.1. The van der Waals surface area contributed by atoms with Crippen molar-refractivity contribution in [3.63, 3.8) is 0 Å². The van der Waals surface area contributed by atoms with E-state index in [2.05, 4.69) is 14.7 Å². The number of benzene rings is 2. The Morgan fingerprint density at radius 1 is 1.21 bits per heavy atom. The molecule has 0 radical (unpaired) electrons. The van der Waals surface area contributed by atoms with Crippen molar-refractivity contribution in [3.05, 3.63) is 58.6 Å². The van der Waals surface area contributed by atoms with Crippen LogP contribution in [0.25, 0.3) is 6.08 Å². The van der Waals surface area contributed by atoms with Crippen molar-refractivity contribution in [1.82, 2.24) is 9.36 Å². The monoisotopic (exact) mass is 502 g/mol. The van der Waals surface area contributed by atoms with Crippen LogP contribution < -0.4 is 19.5 Å². The smallest absolute Gasteiger partial charge is 0.268 e. The van der Waals surface area contributed by atoms with Gasteiger partial charge in [0.15, 0.2) is 11.5 Å². The van der Waals surface area contributed by atoms with Gasteiger partial charge in [0.2, 0.25) is 10.3 Å². The molecule has 1 heterocycles. The van der Waals surface area contributed by atoms with E-state index < -0.39 is 5.91 Å². The predicted molar refractivity (Wildman–Crippen MR) is 129 cm³/mol. The number of rotatable bonds is 10. The summed E-state index contributed by atoms with van der Waals surface area (Å²) in [6, 6.07) is 14.2. The van der Waals surface area contributed by atoms with Gasteiger partial charge in [0.25, 0.3) is 5.91 Å². The summed E-state index contributed by atoms with van der Waals surface area (Å²) in [5.74, 6) is 0.958. The molecule has 0 unspecified atom stereocenters. The van der Waals surface area contributed by atoms with Gasteiger partial charge in [-0.2, -0.15) is 14.6 Å². The Hall–Kier alpha value is -3.26. The number of carbonyl (C=O) groups excluding carboxylic acids is 1. The van der Waals surface area contributed by atoms with Crippen LogP contribution in [0, 0.1) is 11.3 Å². The van der Waals surface area contributed by atoms with Crippen molar-refractivity contribution < 1.29 is 19.0 Å². The van der Waals surface area contributed by atoms with Crippen molar-refractivity contribution in [2.75, 3.05) is 31.9 Å². The van der Waals surface area contributed by atoms with Crippen LogP contribution in [0.5, 0.6) is 17.2 Å². The van der Waals surface area contributed by atoms with Gasteiger partial charge in [-0.3, -0.25) is 10.1 Å². The van der Waals surface area contributed by atoms with Crippen molar-refractivity contribution in [3.8, 4) is 23.3 Å². The van der Waals surface area contributed by atoms with E-state index in [9.17, 15) is 10.1 Å². The van der Waals surface area contributed by atoms with Crippen molar-refractivity contribution >= 4 is 52.0 Å². The molecule has 170 valence electrons. The van der Waals surface area contributed by atoms with Crippen LogP contribution in [0.2, 0.25) is 5.02 Å². The number of hydrogen-bond donors (Lipinski definition) is 1. The van der Waals surface area contributed by atoms with E-state index in [0.717, 1.165) is 11.5 Å². The van der Waals surface area contributed by atoms with Crippen LogP contribution in [0.15, 0.2) is 53.2 Å². The molecule has 8 nitrogen and oxygen atoms in total. The van der Waals surface area contributed by atoms with Crippen molar-refractivity contribution in [2.45, 2.75) is 5.16 Å². The highest BCUT2D eigenvalue weighted by molar-refractivity contribution is 7.98. The number of thioether (sulfide) groups is 1. The molecule has 1 amide bonds. The van der Waals surface area contributed by atoms with Crippen molar-refractivity contribution in [2.24, 2.45) is 0 Å². The standard InChI is InChI=1S/C22H19ClN4O4S2/c1-29-19-12-14(11-15(13-24)20(28)25-21-26-22(32-2)27-33-21)7-8-18(19)31-10-9-30-17-6-4-3-5-16(17)23/h3-8,11-12H,9-10H2,1-2H3,(H,25,26,27,28)/b15-11-. The van der Waals surface area contributed by atoms with E-state index in [1.54, 1.807) is 30.3 Å². The first-order valence-corrected chi connectivity index (χ1v) is 11.9. The molecule has 11 heteroatoms. The molecule has 0 saturated heterocycles. The quantitative estimate of drug-likeness (QED) is 0.180. The molecule has 0 aliphatic rings. The van der Waals surface area contributed by atoms with Crippen LogP contribution in [0.1, 0.15) is 5.56 Å². The maximum Gasteiger partial charge on any atom is 0.268 e. The van der Waals surface area contributed by atoms with Gasteiger partial charge in [-0.1, -0.05) is 41.6 Å². The van der Waals surface area contributed by atoms with Crippen LogP contribution in [0.3, 0.4) is 0 Å². The van der Waals surface area contributed by atoms with Crippen molar-refractivity contribution in [1.29, 1.82) is 5.26 Å². The summed E-state index contributed by atoms with van der Waals surface area (Å²) in [7, 11) is 1.51. The first-order chi connectivity index (χ1) is 16.0. The van der Waals surface area contributed by atoms with Gasteiger partial charge in [0, 0.05) is 11.5 Å². The molecule has 0 saturated carbocycles. The molecule has 3 rings (SSSR count). The molecule has 2 aromatic carbocycles. The van der Waals surface area contributed by atoms with E-state index in [1.807, 2.05) is 24.5 Å². The Labute approximate surface area is 204 Å². The molecule has 33 heavy (non-hydrogen) atoms. The average molecular weight is 503 g/mol. The Morgan fingerprint density at radius 2 is 1.97 bits per heavy atom. The highest BCUT2D eigenvalue weighted by atomic mass is 35.5. The first kappa shape index (κ1) is 24.4. The lowest BCUT2D eigenvalue weighted by atomic mass is 10.1. The molecule has 0 spiro atoms. The first-order valence-electron chi connectivity index (χ1n) is 9.53. The van der Waals surface area contributed by atoms with Crippen LogP contribution in [-0.2, 0) is 4.79 Å². The lowest BCUT2D eigenvalue weighted by Crippen LogP contribution is -2.13. The normalized spacial score (nSPS) is 10.9. The largest absolute Gasteiger partial charge is 0.493 e. The summed E-state index contributed by atoms with van der Waals surface area (Å²) in [4.78, 5) is 16.6. The van der Waals surface area contributed by atoms with Gasteiger partial charge in [-0.25, -0.2) is 0 Å². The Bertz CT molecular complexity index is 1190. The van der Waals surface area contributed by atoms with Gasteiger partial charge in [0.1, 0.15) is 30.6 Å². The van der Waals surface area contributed by atoms with E-state index in [0.29, 0.717) is 38.1 Å². The predicted octanol–water partition coefficient (Wildman–Crippen LogP) is 4.93. The van der Waals surface area contributed by atoms with Gasteiger partial charge in [0.05, 0.1) is 12.1 Å². The highest BCUT2D eigenvalue weighted by Gasteiger charge is 2.14. The second-order valence-corrected chi connectivity index (χ2v) is 8.18. The number of nitrogens with zero attached hydrogens (tertiary/aromatic N) is 3. The Morgan fingerprint density at radius 3 is 2.64 bits per heavy atom. The zero-order valence-corrected chi connectivity index (χ0v) is 20.1. The number of aromatic nitrogens is 2. The van der Waals surface area contributed by atoms with Gasteiger partial charge in [-0.05, 0) is 42.2 Å². The summed E-state index contributed by atoms with van der Waals surface area (Å²) < 4.78 is 20.8. The topological polar surface area (TPSA) is 106 Å². The molecule has 3 aromatic rings. The number of ether oxygens (including phenoxy) is 3. The Balaban J connectivity index is 1.63. The number of methoxy groups -OCH3 is 1. The fraction of sp³-hybridized carbons (Fsp3) is 0.182. The number of amides is 1. The van der Waals surface area contributed by atoms with E-state index in [4.69, 9.17) is 25.8 Å². The lowest BCUT2D eigenvalue weighted by Gasteiger charge is -2.12. The minimum atomic E-state index is -0.572. The number of nitrogens with one attached hydrogen (secondary N) is 1. The Kier molecular flexibility index (Phi) is 8.95. The molecule has 0 aliphatic heterocycles. The van der Waals surface area contributed by atoms with Gasteiger partial charge in [-0.15, -0.1) is 0 Å². The molecule has 0 bridgehead atoms. The number of anilines is 1. The van der Waals surface area contributed by atoms with E-state index >= 15 is 0 Å². The van der Waals surface area contributed by atoms with Gasteiger partial charge >= 0.3 is 0 Å². The minimum absolute atomic E-state index is 0.0836. The fourth-order valence-electron chi connectivity index (χ4n) is 2.58. The molecule has 1 aromatic heterocycles. The molecule has 1 N–H and O–H groups in total. The summed E-state index contributed by atoms with van der Waals surface area (Å²) in [5.41, 5.74) is 0.514. The number of para-hydroxylation sites is 1. The number of hydrogen-bond acceptors (Lipinski definition) is 9. The van der Waals surface area contributed by atoms with E-state index in [-0.39, 0.29) is 18.8 Å². The third-order valence-corrected chi connectivity index (χ3v) is 5.72. The number of nitriles is 1. The van der Waals surface area contributed by atoms with E-state index in [1.165, 1.54) is 24.9 Å². The summed E-state index contributed by atoms with van der Waals surface area (Å²) in [6.07, 6.45) is 3.29. The molecular formula is C22H19ClN4O4S2. The summed E-state index contributed by atoms with van der Waals surface area (Å²) >= 11 is 8.48. The maximum absolute atomic E-state index is 12.4. The lowest BCUT2D eigenvalue weighted by molar-refractivity contribution is -0.112. The molecule has 0 fully saturated rings. The third-order valence-electron chi connectivity index (χ3n) is 4.11. The highest BCUT2D eigenvalue weighted by Crippen LogP contribution is 2.29. The summed E-state index contributed by atoms with van der Waals surface area (Å²) in [5, 5.41) is 13.4. The molecule has 0 aliphatic carbocycles. The average Bonchev–Trinajstić information content (AvgIpc) is 3.29. The zero-order chi connectivity index (χ0) is 23.6.